The van der Waals surface area contributed by atoms with Gasteiger partial charge in [-0.1, -0.05) is 72.8 Å². The molecule has 0 saturated heterocycles. The molecule has 0 N–H and O–H groups in total. The van der Waals surface area contributed by atoms with Gasteiger partial charge in [0.05, 0.1) is 76.5 Å². The van der Waals surface area contributed by atoms with E-state index in [4.69, 9.17) is 18.9 Å². The first-order valence-electron chi connectivity index (χ1n) is 15.4. The summed E-state index contributed by atoms with van der Waals surface area (Å²) in [5.74, 6) is -24.0. The molecule has 4 saturated carbocycles. The molecule has 0 aliphatic heterocycles. The van der Waals surface area contributed by atoms with Crippen molar-refractivity contribution in [1.29, 1.82) is 0 Å². The molecule has 6 rings (SSSR count). The van der Waals surface area contributed by atoms with Crippen LogP contribution in [0.3, 0.4) is 0 Å². The Morgan fingerprint density at radius 1 is 0.435 bits per heavy atom. The first-order chi connectivity index (χ1) is 21.9. The molecule has 4 fully saturated rings. The maximum absolute atomic E-state index is 14.4. The highest BCUT2D eigenvalue weighted by atomic mass is 19.3. The normalized spacial score (nSPS) is 34.0. The highest BCUT2D eigenvalue weighted by molar-refractivity contribution is 5.22. The summed E-state index contributed by atoms with van der Waals surface area (Å²) >= 11 is 0. The topological polar surface area (TPSA) is 36.9 Å². The predicted molar refractivity (Wildman–Crippen MR) is 151 cm³/mol. The standard InChI is InChI=1S/C34H36F8O4/c35-31(36)23(27(31)29-25(33(29,39)40)19-45-15-21-9-3-1-4-10-21)17-43-13-7-8-14-44-18-24-28(32(24,37)38)30-26(34(30,41)42)20-46-16-22-11-5-2-6-12-22/h1-12,23-30H,13-20H2/b8-7-/t23-,24+,25-,26-,27+,28-,29+,30+/m1/s1. The summed E-state index contributed by atoms with van der Waals surface area (Å²) in [5.41, 5.74) is 1.60. The number of benzene rings is 2. The van der Waals surface area contributed by atoms with Gasteiger partial charge in [0.1, 0.15) is 0 Å². The van der Waals surface area contributed by atoms with E-state index in [1.165, 1.54) is 12.2 Å². The lowest BCUT2D eigenvalue weighted by molar-refractivity contribution is 0.0367. The molecule has 4 aliphatic carbocycles. The number of hydrogen-bond donors (Lipinski definition) is 0. The van der Waals surface area contributed by atoms with Gasteiger partial charge in [0.25, 0.3) is 23.7 Å². The van der Waals surface area contributed by atoms with Gasteiger partial charge < -0.3 is 18.9 Å². The molecule has 2 aromatic rings. The molecule has 4 nitrogen and oxygen atoms in total. The Kier molecular flexibility index (Phi) is 9.30. The minimum absolute atomic E-state index is 0.103. The number of rotatable bonds is 18. The van der Waals surface area contributed by atoms with E-state index < -0.39 is 84.2 Å². The van der Waals surface area contributed by atoms with Crippen LogP contribution in [0.1, 0.15) is 11.1 Å². The van der Waals surface area contributed by atoms with Crippen LogP contribution in [0.5, 0.6) is 0 Å². The first-order valence-corrected chi connectivity index (χ1v) is 15.4. The molecule has 252 valence electrons. The van der Waals surface area contributed by atoms with Crippen LogP contribution >= 0.6 is 0 Å². The molecule has 0 aromatic heterocycles. The van der Waals surface area contributed by atoms with Crippen molar-refractivity contribution in [3.8, 4) is 0 Å². The zero-order valence-corrected chi connectivity index (χ0v) is 24.9. The van der Waals surface area contributed by atoms with Crippen LogP contribution in [-0.4, -0.2) is 63.3 Å². The maximum atomic E-state index is 14.4. The second kappa shape index (κ2) is 12.8. The Hall–Kier alpha value is -2.54. The van der Waals surface area contributed by atoms with Gasteiger partial charge in [-0.05, 0) is 11.1 Å². The van der Waals surface area contributed by atoms with Crippen molar-refractivity contribution in [2.24, 2.45) is 47.3 Å². The van der Waals surface area contributed by atoms with E-state index >= 15 is 0 Å². The summed E-state index contributed by atoms with van der Waals surface area (Å²) in [4.78, 5) is 0. The molecule has 4 aliphatic rings. The quantitative estimate of drug-likeness (QED) is 0.0942. The maximum Gasteiger partial charge on any atom is 0.257 e. The monoisotopic (exact) mass is 660 g/mol. The molecular formula is C34H36F8O4. The lowest BCUT2D eigenvalue weighted by atomic mass is 10.2. The predicted octanol–water partition coefficient (Wildman–Crippen LogP) is 7.53. The zero-order valence-electron chi connectivity index (χ0n) is 24.9. The third-order valence-corrected chi connectivity index (χ3v) is 9.83. The molecule has 2 aromatic carbocycles. The van der Waals surface area contributed by atoms with Crippen molar-refractivity contribution in [1.82, 2.24) is 0 Å². The molecule has 8 atom stereocenters. The first kappa shape index (κ1) is 33.4. The van der Waals surface area contributed by atoms with Crippen molar-refractivity contribution >= 4 is 0 Å². The van der Waals surface area contributed by atoms with E-state index in [1.807, 2.05) is 12.1 Å². The fourth-order valence-electron chi connectivity index (χ4n) is 6.90. The van der Waals surface area contributed by atoms with Gasteiger partial charge in [0.15, 0.2) is 0 Å². The minimum Gasteiger partial charge on any atom is -0.377 e. The van der Waals surface area contributed by atoms with Gasteiger partial charge in [-0.15, -0.1) is 0 Å². The van der Waals surface area contributed by atoms with Gasteiger partial charge in [-0.3, -0.25) is 0 Å². The van der Waals surface area contributed by atoms with Crippen LogP contribution in [0, 0.1) is 47.3 Å². The summed E-state index contributed by atoms with van der Waals surface area (Å²) in [6.07, 6.45) is 2.89. The number of alkyl halides is 8. The van der Waals surface area contributed by atoms with Crippen molar-refractivity contribution in [2.45, 2.75) is 36.9 Å². The van der Waals surface area contributed by atoms with E-state index in [-0.39, 0.29) is 39.6 Å². The second-order valence-corrected chi connectivity index (χ2v) is 12.8. The number of halogens is 8. The SMILES string of the molecule is FC1(F)[C@H]([C@@H]2[C@@H](COCc3ccccc3)C2(F)F)[C@H]1COC/C=C\COC[C@H]1[C@H]([C@@H]2[C@@H](COCc3ccccc3)C2(F)F)C1(F)F. The molecule has 0 spiro atoms. The van der Waals surface area contributed by atoms with Crippen LogP contribution in [0.15, 0.2) is 72.8 Å². The molecule has 0 radical (unpaired) electrons. The smallest absolute Gasteiger partial charge is 0.257 e. The largest absolute Gasteiger partial charge is 0.377 e. The van der Waals surface area contributed by atoms with Gasteiger partial charge >= 0.3 is 0 Å². The molecule has 0 bridgehead atoms. The Balaban J connectivity index is 0.853. The summed E-state index contributed by atoms with van der Waals surface area (Å²) in [7, 11) is 0. The molecular weight excluding hydrogens is 624 g/mol. The third-order valence-electron chi connectivity index (χ3n) is 9.83. The highest BCUT2D eigenvalue weighted by Crippen LogP contribution is 2.73. The van der Waals surface area contributed by atoms with Crippen LogP contribution in [0.2, 0.25) is 0 Å². The van der Waals surface area contributed by atoms with E-state index in [9.17, 15) is 35.1 Å². The van der Waals surface area contributed by atoms with Gasteiger partial charge in [0, 0.05) is 23.7 Å². The molecule has 12 heteroatoms. The summed E-state index contributed by atoms with van der Waals surface area (Å²) < 4.78 is 136. The summed E-state index contributed by atoms with van der Waals surface area (Å²) in [5, 5.41) is 0. The number of ether oxygens (including phenoxy) is 4. The van der Waals surface area contributed by atoms with Crippen molar-refractivity contribution in [3.63, 3.8) is 0 Å². The van der Waals surface area contributed by atoms with Gasteiger partial charge in [-0.25, -0.2) is 35.1 Å². The minimum atomic E-state index is -3.26. The van der Waals surface area contributed by atoms with Crippen molar-refractivity contribution < 1.29 is 54.1 Å². The zero-order chi connectivity index (χ0) is 32.7. The van der Waals surface area contributed by atoms with Crippen molar-refractivity contribution in [3.05, 3.63) is 83.9 Å². The Morgan fingerprint density at radius 3 is 1.02 bits per heavy atom. The van der Waals surface area contributed by atoms with Crippen LogP contribution in [-0.2, 0) is 32.2 Å². The van der Waals surface area contributed by atoms with E-state index in [0.29, 0.717) is 0 Å². The third kappa shape index (κ3) is 6.73. The van der Waals surface area contributed by atoms with Crippen LogP contribution in [0.4, 0.5) is 35.1 Å². The fraction of sp³-hybridized carbons (Fsp3) is 0.588. The second-order valence-electron chi connectivity index (χ2n) is 12.8. The number of hydrogen-bond acceptors (Lipinski definition) is 4. The summed E-state index contributed by atoms with van der Waals surface area (Å²) in [6, 6.07) is 17.9. The van der Waals surface area contributed by atoms with Gasteiger partial charge in [-0.2, -0.15) is 0 Å². The van der Waals surface area contributed by atoms with Crippen molar-refractivity contribution in [2.75, 3.05) is 39.6 Å². The average Bonchev–Trinajstić information content (AvgIpc) is 3.96. The van der Waals surface area contributed by atoms with E-state index in [2.05, 4.69) is 0 Å². The Morgan fingerprint density at radius 2 is 0.717 bits per heavy atom. The highest BCUT2D eigenvalue weighted by Gasteiger charge is 2.85. The fourth-order valence-corrected chi connectivity index (χ4v) is 6.90. The molecule has 46 heavy (non-hydrogen) atoms. The molecule has 0 amide bonds. The van der Waals surface area contributed by atoms with E-state index in [1.54, 1.807) is 48.5 Å². The Bertz CT molecular complexity index is 1240. The lowest BCUT2D eigenvalue weighted by Gasteiger charge is -2.03. The average molecular weight is 661 g/mol. The van der Waals surface area contributed by atoms with E-state index in [0.717, 1.165) is 11.1 Å². The Labute approximate surface area is 262 Å². The lowest BCUT2D eigenvalue weighted by Crippen LogP contribution is -2.04. The van der Waals surface area contributed by atoms with Gasteiger partial charge in [0.2, 0.25) is 0 Å². The van der Waals surface area contributed by atoms with Crippen LogP contribution in [0.25, 0.3) is 0 Å². The van der Waals surface area contributed by atoms with Crippen LogP contribution < -0.4 is 0 Å². The summed E-state index contributed by atoms with van der Waals surface area (Å²) in [6.45, 7) is -1.40. The molecule has 0 unspecified atom stereocenters. The molecule has 0 heterocycles.